The topological polar surface area (TPSA) is 96.8 Å². The molecule has 0 saturated carbocycles. The van der Waals surface area contributed by atoms with E-state index in [0.717, 1.165) is 44.5 Å². The molecule has 2 aliphatic heterocycles. The van der Waals surface area contributed by atoms with Gasteiger partial charge in [0.25, 0.3) is 0 Å². The molecule has 2 aromatic heterocycles. The molecule has 2 aliphatic rings. The number of rotatable bonds is 4. The highest BCUT2D eigenvalue weighted by molar-refractivity contribution is 5.85. The van der Waals surface area contributed by atoms with E-state index in [1.165, 1.54) is 6.33 Å². The zero-order chi connectivity index (χ0) is 17.1. The molecule has 2 fully saturated rings. The average molecular weight is 414 g/mol. The molecule has 10 heteroatoms. The van der Waals surface area contributed by atoms with Gasteiger partial charge in [-0.25, -0.2) is 14.6 Å². The molecule has 0 aliphatic carbocycles. The van der Waals surface area contributed by atoms with Crippen LogP contribution in [0.2, 0.25) is 0 Å². The maximum absolute atomic E-state index is 12.6. The summed E-state index contributed by atoms with van der Waals surface area (Å²) in [5.41, 5.74) is 1.20. The molecule has 1 atom stereocenters. The minimum absolute atomic E-state index is 0. The van der Waals surface area contributed by atoms with Crippen LogP contribution in [0, 0.1) is 5.41 Å². The Morgan fingerprint density at radius 1 is 1.33 bits per heavy atom. The molecule has 0 radical (unpaired) electrons. The van der Waals surface area contributed by atoms with Crippen LogP contribution in [0.15, 0.2) is 31.0 Å². The van der Waals surface area contributed by atoms with Crippen molar-refractivity contribution in [3.05, 3.63) is 36.5 Å². The number of carbonyl (C=O) groups excluding carboxylic acids is 1. The number of carbonyl (C=O) groups is 1. The molecule has 4 heterocycles. The van der Waals surface area contributed by atoms with Crippen molar-refractivity contribution >= 4 is 30.7 Å². The van der Waals surface area contributed by atoms with E-state index in [4.69, 9.17) is 0 Å². The summed E-state index contributed by atoms with van der Waals surface area (Å²) in [6.07, 6.45) is 7.99. The number of hydrogen-bond acceptors (Lipinski definition) is 6. The third-order valence-corrected chi connectivity index (χ3v) is 5.30. The Bertz CT molecular complexity index is 735. The van der Waals surface area contributed by atoms with Crippen LogP contribution >= 0.6 is 24.8 Å². The fourth-order valence-corrected chi connectivity index (χ4v) is 3.84. The highest BCUT2D eigenvalue weighted by Crippen LogP contribution is 2.37. The summed E-state index contributed by atoms with van der Waals surface area (Å²) in [6, 6.07) is 3.70. The second-order valence-electron chi connectivity index (χ2n) is 6.93. The monoisotopic (exact) mass is 413 g/mol. The zero-order valence-corrected chi connectivity index (χ0v) is 16.6. The number of halogens is 2. The number of piperidine rings is 1. The van der Waals surface area contributed by atoms with Gasteiger partial charge in [0.05, 0.1) is 6.04 Å². The van der Waals surface area contributed by atoms with Gasteiger partial charge in [0.15, 0.2) is 5.82 Å². The van der Waals surface area contributed by atoms with Gasteiger partial charge in [-0.3, -0.25) is 4.79 Å². The van der Waals surface area contributed by atoms with Gasteiger partial charge in [-0.15, -0.1) is 24.8 Å². The van der Waals surface area contributed by atoms with Crippen LogP contribution in [0.1, 0.15) is 24.8 Å². The summed E-state index contributed by atoms with van der Waals surface area (Å²) in [5, 5.41) is 14.0. The lowest BCUT2D eigenvalue weighted by Gasteiger charge is -2.33. The summed E-state index contributed by atoms with van der Waals surface area (Å²) in [7, 11) is 0. The average Bonchev–Trinajstić information content (AvgIpc) is 3.31. The lowest BCUT2D eigenvalue weighted by atomic mass is 9.77. The van der Waals surface area contributed by atoms with Crippen LogP contribution in [0.3, 0.4) is 0 Å². The van der Waals surface area contributed by atoms with E-state index in [1.807, 2.05) is 12.1 Å². The van der Waals surface area contributed by atoms with Crippen molar-refractivity contribution in [3.8, 4) is 5.82 Å². The third-order valence-electron chi connectivity index (χ3n) is 5.30. The van der Waals surface area contributed by atoms with Gasteiger partial charge in [0.2, 0.25) is 5.91 Å². The van der Waals surface area contributed by atoms with Crippen molar-refractivity contribution in [3.63, 3.8) is 0 Å². The quantitative estimate of drug-likeness (QED) is 0.687. The van der Waals surface area contributed by atoms with Crippen molar-refractivity contribution < 1.29 is 4.79 Å². The first-order chi connectivity index (χ1) is 12.3. The van der Waals surface area contributed by atoms with Crippen molar-refractivity contribution in [1.29, 1.82) is 0 Å². The van der Waals surface area contributed by atoms with Gasteiger partial charge in [-0.2, -0.15) is 5.10 Å². The minimum Gasteiger partial charge on any atom is -0.351 e. The minimum atomic E-state index is -0.107. The SMILES string of the molecule is Cl.Cl.O=C(NCc1cccnc1-n1cncn1)C1CC2(CCNCC2)CN1. The number of hydrogen-bond donors (Lipinski definition) is 3. The highest BCUT2D eigenvalue weighted by Gasteiger charge is 2.42. The predicted octanol–water partition coefficient (Wildman–Crippen LogP) is 0.854. The van der Waals surface area contributed by atoms with Gasteiger partial charge in [-0.05, 0) is 43.8 Å². The van der Waals surface area contributed by atoms with Crippen LogP contribution in [-0.4, -0.2) is 51.3 Å². The lowest BCUT2D eigenvalue weighted by molar-refractivity contribution is -0.123. The van der Waals surface area contributed by atoms with Gasteiger partial charge in [0, 0.05) is 24.8 Å². The van der Waals surface area contributed by atoms with Crippen molar-refractivity contribution in [2.45, 2.75) is 31.8 Å². The lowest BCUT2D eigenvalue weighted by Crippen LogP contribution is -2.40. The zero-order valence-electron chi connectivity index (χ0n) is 14.9. The summed E-state index contributed by atoms with van der Waals surface area (Å²) in [6.45, 7) is 3.46. The molecule has 0 bridgehead atoms. The van der Waals surface area contributed by atoms with E-state index in [0.29, 0.717) is 12.4 Å². The molecule has 2 saturated heterocycles. The van der Waals surface area contributed by atoms with Crippen molar-refractivity contribution in [2.24, 2.45) is 5.41 Å². The van der Waals surface area contributed by atoms with Crippen LogP contribution in [-0.2, 0) is 11.3 Å². The summed E-state index contributed by atoms with van der Waals surface area (Å²) in [4.78, 5) is 20.9. The standard InChI is InChI=1S/C17H23N7O.2ClH/c25-16(14-8-17(10-22-14)3-6-18-7-4-17)21-9-13-2-1-5-20-15(13)24-12-19-11-23-24;;/h1-2,5,11-12,14,18,22H,3-4,6-10H2,(H,21,25);2*1H. The number of aromatic nitrogens is 4. The summed E-state index contributed by atoms with van der Waals surface area (Å²) < 4.78 is 1.61. The van der Waals surface area contributed by atoms with Gasteiger partial charge in [-0.1, -0.05) is 6.07 Å². The fourth-order valence-electron chi connectivity index (χ4n) is 3.84. The van der Waals surface area contributed by atoms with E-state index in [-0.39, 0.29) is 42.2 Å². The molecule has 4 rings (SSSR count). The Morgan fingerprint density at radius 3 is 2.89 bits per heavy atom. The number of nitrogens with zero attached hydrogens (tertiary/aromatic N) is 4. The first-order valence-electron chi connectivity index (χ1n) is 8.77. The summed E-state index contributed by atoms with van der Waals surface area (Å²) in [5.74, 6) is 0.748. The molecule has 0 aromatic carbocycles. The molecule has 1 unspecified atom stereocenters. The number of nitrogens with one attached hydrogen (secondary N) is 3. The van der Waals surface area contributed by atoms with Crippen LogP contribution in [0.4, 0.5) is 0 Å². The molecule has 1 spiro atoms. The molecule has 27 heavy (non-hydrogen) atoms. The maximum Gasteiger partial charge on any atom is 0.237 e. The van der Waals surface area contributed by atoms with Crippen molar-refractivity contribution in [2.75, 3.05) is 19.6 Å². The Kier molecular flexibility index (Phi) is 7.55. The van der Waals surface area contributed by atoms with Crippen LogP contribution in [0.5, 0.6) is 0 Å². The Labute approximate surface area is 170 Å². The van der Waals surface area contributed by atoms with E-state index < -0.39 is 0 Å². The molecule has 148 valence electrons. The van der Waals surface area contributed by atoms with Crippen LogP contribution in [0.25, 0.3) is 5.82 Å². The van der Waals surface area contributed by atoms with E-state index >= 15 is 0 Å². The van der Waals surface area contributed by atoms with Gasteiger partial charge in [0.1, 0.15) is 12.7 Å². The molecule has 3 N–H and O–H groups in total. The van der Waals surface area contributed by atoms with Crippen LogP contribution < -0.4 is 16.0 Å². The third kappa shape index (κ3) is 4.76. The molecule has 1 amide bonds. The largest absolute Gasteiger partial charge is 0.351 e. The van der Waals surface area contributed by atoms with E-state index in [2.05, 4.69) is 31.0 Å². The smallest absolute Gasteiger partial charge is 0.237 e. The van der Waals surface area contributed by atoms with E-state index in [9.17, 15) is 4.79 Å². The maximum atomic E-state index is 12.6. The second-order valence-corrected chi connectivity index (χ2v) is 6.93. The second kappa shape index (κ2) is 9.45. The first-order valence-corrected chi connectivity index (χ1v) is 8.77. The Balaban J connectivity index is 0.00000131. The van der Waals surface area contributed by atoms with Crippen molar-refractivity contribution in [1.82, 2.24) is 35.7 Å². The van der Waals surface area contributed by atoms with Gasteiger partial charge >= 0.3 is 0 Å². The molecular weight excluding hydrogens is 389 g/mol. The molecular formula is C17H25Cl2N7O. The number of pyridine rings is 1. The fraction of sp³-hybridized carbons (Fsp3) is 0.529. The predicted molar refractivity (Wildman–Crippen MR) is 106 cm³/mol. The van der Waals surface area contributed by atoms with Gasteiger partial charge < -0.3 is 16.0 Å². The summed E-state index contributed by atoms with van der Waals surface area (Å²) >= 11 is 0. The first kappa shape index (κ1) is 21.6. The number of amides is 1. The molecule has 8 nitrogen and oxygen atoms in total. The Hall–Kier alpha value is -1.74. The van der Waals surface area contributed by atoms with E-state index in [1.54, 1.807) is 17.2 Å². The Morgan fingerprint density at radius 2 is 2.15 bits per heavy atom. The molecule has 2 aromatic rings. The normalized spacial score (nSPS) is 20.5. The highest BCUT2D eigenvalue weighted by atomic mass is 35.5.